The maximum Gasteiger partial charge on any atom is 0.161 e. The third-order valence-corrected chi connectivity index (χ3v) is 4.94. The molecule has 0 saturated carbocycles. The Hall–Kier alpha value is -0.480. The Kier molecular flexibility index (Phi) is 3.83. The summed E-state index contributed by atoms with van der Waals surface area (Å²) in [5, 5.41) is 4.43. The minimum Gasteiger partial charge on any atom is -0.334 e. The fraction of sp³-hybridized carbons (Fsp3) is 0.462. The van der Waals surface area contributed by atoms with Crippen molar-refractivity contribution in [2.45, 2.75) is 32.7 Å². The standard InChI is InChI=1S/C13H17BrN2S/c1-4-13(3)8-17-12(16-13)15-11-7-9(2)5-6-10(11)14/h5-7H,4,8H2,1-3H3,(H,15,16). The predicted molar refractivity (Wildman–Crippen MR) is 81.1 cm³/mol. The van der Waals surface area contributed by atoms with Crippen LogP contribution in [-0.2, 0) is 0 Å². The van der Waals surface area contributed by atoms with Crippen molar-refractivity contribution in [2.24, 2.45) is 4.99 Å². The average molecular weight is 313 g/mol. The quantitative estimate of drug-likeness (QED) is 0.873. The molecule has 1 aliphatic rings. The van der Waals surface area contributed by atoms with Gasteiger partial charge in [0.1, 0.15) is 0 Å². The lowest BCUT2D eigenvalue weighted by Crippen LogP contribution is -2.20. The lowest BCUT2D eigenvalue weighted by molar-refractivity contribution is 0.523. The zero-order valence-electron chi connectivity index (χ0n) is 10.4. The average Bonchev–Trinajstić information content (AvgIpc) is 2.67. The molecule has 4 heteroatoms. The molecule has 1 aliphatic heterocycles. The summed E-state index contributed by atoms with van der Waals surface area (Å²) in [7, 11) is 0. The molecule has 1 N–H and O–H groups in total. The highest BCUT2D eigenvalue weighted by molar-refractivity contribution is 9.10. The molecule has 0 amide bonds. The Bertz CT molecular complexity index is 459. The van der Waals surface area contributed by atoms with Crippen molar-refractivity contribution in [3.8, 4) is 0 Å². The van der Waals surface area contributed by atoms with Crippen molar-refractivity contribution in [2.75, 3.05) is 11.1 Å². The monoisotopic (exact) mass is 312 g/mol. The Morgan fingerprint density at radius 1 is 1.53 bits per heavy atom. The number of benzene rings is 1. The molecule has 92 valence electrons. The second-order valence-electron chi connectivity index (χ2n) is 4.66. The predicted octanol–water partition coefficient (Wildman–Crippen LogP) is 4.44. The Labute approximate surface area is 115 Å². The van der Waals surface area contributed by atoms with Crippen molar-refractivity contribution in [3.05, 3.63) is 28.2 Å². The second kappa shape index (κ2) is 5.02. The molecule has 0 radical (unpaired) electrons. The van der Waals surface area contributed by atoms with E-state index in [9.17, 15) is 0 Å². The van der Waals surface area contributed by atoms with Crippen LogP contribution in [0.2, 0.25) is 0 Å². The number of anilines is 1. The first-order valence-corrected chi connectivity index (χ1v) is 7.56. The number of nitrogens with zero attached hydrogens (tertiary/aromatic N) is 1. The SMILES string of the molecule is CCC1(C)CSC(Nc2cc(C)ccc2Br)=N1. The van der Waals surface area contributed by atoms with Crippen molar-refractivity contribution in [1.82, 2.24) is 0 Å². The summed E-state index contributed by atoms with van der Waals surface area (Å²) in [5.74, 6) is 1.06. The first kappa shape index (κ1) is 13.0. The van der Waals surface area contributed by atoms with Gasteiger partial charge >= 0.3 is 0 Å². The van der Waals surface area contributed by atoms with Gasteiger partial charge in [0.25, 0.3) is 0 Å². The number of hydrogen-bond acceptors (Lipinski definition) is 3. The van der Waals surface area contributed by atoms with E-state index in [-0.39, 0.29) is 5.54 Å². The summed E-state index contributed by atoms with van der Waals surface area (Å²) in [4.78, 5) is 4.75. The van der Waals surface area contributed by atoms with Crippen LogP contribution in [0.5, 0.6) is 0 Å². The number of aliphatic imine (C=N–C) groups is 1. The van der Waals surface area contributed by atoms with E-state index in [2.05, 4.69) is 60.2 Å². The van der Waals surface area contributed by atoms with Crippen LogP contribution < -0.4 is 5.32 Å². The zero-order chi connectivity index (χ0) is 12.5. The summed E-state index contributed by atoms with van der Waals surface area (Å²) in [6.45, 7) is 6.49. The highest BCUT2D eigenvalue weighted by Crippen LogP contribution is 2.32. The number of halogens is 1. The summed E-state index contributed by atoms with van der Waals surface area (Å²) >= 11 is 5.36. The molecule has 1 atom stereocenters. The van der Waals surface area contributed by atoms with Crippen LogP contribution in [0.25, 0.3) is 0 Å². The van der Waals surface area contributed by atoms with Crippen LogP contribution in [0, 0.1) is 6.92 Å². The smallest absolute Gasteiger partial charge is 0.161 e. The van der Waals surface area contributed by atoms with E-state index in [1.165, 1.54) is 5.56 Å². The van der Waals surface area contributed by atoms with Gasteiger partial charge < -0.3 is 5.32 Å². The summed E-state index contributed by atoms with van der Waals surface area (Å²) in [6, 6.07) is 6.29. The van der Waals surface area contributed by atoms with Crippen LogP contribution in [0.15, 0.2) is 27.7 Å². The van der Waals surface area contributed by atoms with Crippen LogP contribution in [0.4, 0.5) is 5.69 Å². The Morgan fingerprint density at radius 2 is 2.29 bits per heavy atom. The van der Waals surface area contributed by atoms with Gasteiger partial charge in [0.2, 0.25) is 0 Å². The lowest BCUT2D eigenvalue weighted by Gasteiger charge is -2.15. The first-order chi connectivity index (χ1) is 8.02. The molecule has 1 unspecified atom stereocenters. The third kappa shape index (κ3) is 3.05. The van der Waals surface area contributed by atoms with Crippen molar-refractivity contribution in [1.29, 1.82) is 0 Å². The van der Waals surface area contributed by atoms with Gasteiger partial charge in [-0.05, 0) is 53.9 Å². The third-order valence-electron chi connectivity index (χ3n) is 3.02. The second-order valence-corrected chi connectivity index (χ2v) is 6.48. The number of thioether (sulfide) groups is 1. The summed E-state index contributed by atoms with van der Waals surface area (Å²) in [5.41, 5.74) is 2.44. The van der Waals surface area contributed by atoms with Crippen molar-refractivity contribution < 1.29 is 0 Å². The van der Waals surface area contributed by atoms with Gasteiger partial charge in [0, 0.05) is 10.2 Å². The van der Waals surface area contributed by atoms with Gasteiger partial charge in [0.05, 0.1) is 11.2 Å². The fourth-order valence-corrected chi connectivity index (χ4v) is 3.16. The maximum absolute atomic E-state index is 4.75. The maximum atomic E-state index is 4.75. The van der Waals surface area contributed by atoms with Gasteiger partial charge in [0.15, 0.2) is 5.17 Å². The van der Waals surface area contributed by atoms with Gasteiger partial charge in [-0.3, -0.25) is 4.99 Å². The molecule has 1 heterocycles. The largest absolute Gasteiger partial charge is 0.334 e. The van der Waals surface area contributed by atoms with Crippen LogP contribution in [-0.4, -0.2) is 16.5 Å². The molecule has 2 nitrogen and oxygen atoms in total. The van der Waals surface area contributed by atoms with E-state index in [1.54, 1.807) is 11.8 Å². The van der Waals surface area contributed by atoms with E-state index in [4.69, 9.17) is 4.99 Å². The molecule has 2 rings (SSSR count). The number of aryl methyl sites for hydroxylation is 1. The zero-order valence-corrected chi connectivity index (χ0v) is 12.8. The number of hydrogen-bond donors (Lipinski definition) is 1. The van der Waals surface area contributed by atoms with Gasteiger partial charge in [-0.2, -0.15) is 0 Å². The Balaban J connectivity index is 2.17. The molecule has 0 bridgehead atoms. The molecular formula is C13H17BrN2S. The first-order valence-electron chi connectivity index (χ1n) is 5.78. The van der Waals surface area contributed by atoms with Crippen LogP contribution in [0.3, 0.4) is 0 Å². The van der Waals surface area contributed by atoms with Crippen LogP contribution >= 0.6 is 27.7 Å². The molecule has 0 fully saturated rings. The topological polar surface area (TPSA) is 24.4 Å². The number of rotatable bonds is 2. The molecular weight excluding hydrogens is 296 g/mol. The van der Waals surface area contributed by atoms with Gasteiger partial charge in [-0.1, -0.05) is 24.8 Å². The number of amidine groups is 1. The molecule has 0 aliphatic carbocycles. The molecule has 1 aromatic carbocycles. The molecule has 17 heavy (non-hydrogen) atoms. The highest BCUT2D eigenvalue weighted by atomic mass is 79.9. The van der Waals surface area contributed by atoms with Crippen molar-refractivity contribution >= 4 is 38.5 Å². The Morgan fingerprint density at radius 3 is 2.94 bits per heavy atom. The highest BCUT2D eigenvalue weighted by Gasteiger charge is 2.28. The molecule has 0 spiro atoms. The van der Waals surface area contributed by atoms with E-state index in [0.717, 1.165) is 27.5 Å². The molecule has 0 aromatic heterocycles. The minimum absolute atomic E-state index is 0.100. The van der Waals surface area contributed by atoms with Crippen LogP contribution in [0.1, 0.15) is 25.8 Å². The van der Waals surface area contributed by atoms with Gasteiger partial charge in [-0.15, -0.1) is 0 Å². The minimum atomic E-state index is 0.100. The van der Waals surface area contributed by atoms with E-state index >= 15 is 0 Å². The summed E-state index contributed by atoms with van der Waals surface area (Å²) < 4.78 is 1.08. The van der Waals surface area contributed by atoms with Crippen molar-refractivity contribution in [3.63, 3.8) is 0 Å². The lowest BCUT2D eigenvalue weighted by atomic mass is 10.0. The number of nitrogens with one attached hydrogen (secondary N) is 1. The molecule has 0 saturated heterocycles. The normalized spacial score (nSPS) is 23.6. The fourth-order valence-electron chi connectivity index (χ4n) is 1.63. The van der Waals surface area contributed by atoms with E-state index in [1.807, 2.05) is 0 Å². The van der Waals surface area contributed by atoms with E-state index < -0.39 is 0 Å². The van der Waals surface area contributed by atoms with E-state index in [0.29, 0.717) is 0 Å². The van der Waals surface area contributed by atoms with Gasteiger partial charge in [-0.25, -0.2) is 0 Å². The summed E-state index contributed by atoms with van der Waals surface area (Å²) in [6.07, 6.45) is 1.08. The molecule has 1 aromatic rings.